The van der Waals surface area contributed by atoms with Crippen molar-refractivity contribution in [1.82, 2.24) is 10.5 Å². The summed E-state index contributed by atoms with van der Waals surface area (Å²) in [6.07, 6.45) is 0. The molecule has 2 aromatic rings. The number of hydrogen-bond donors (Lipinski definition) is 1. The highest BCUT2D eigenvalue weighted by Gasteiger charge is 2.14. The number of benzene rings is 1. The molecule has 0 radical (unpaired) electrons. The molecule has 1 aromatic carbocycles. The minimum Gasteiger partial charge on any atom is -0.356 e. The molecule has 0 bridgehead atoms. The Balaban J connectivity index is 2.21. The molecule has 1 N–H and O–H groups in total. The Hall–Kier alpha value is -1.75. The molecule has 0 aliphatic heterocycles. The van der Waals surface area contributed by atoms with Gasteiger partial charge in [-0.2, -0.15) is 0 Å². The number of nitrogens with one attached hydrogen (secondary N) is 1. The Morgan fingerprint density at radius 3 is 2.83 bits per heavy atom. The third-order valence-corrected chi connectivity index (χ3v) is 2.47. The van der Waals surface area contributed by atoms with Gasteiger partial charge in [0.15, 0.2) is 17.4 Å². The minimum absolute atomic E-state index is 0.0818. The smallest absolute Gasteiger partial charge is 0.170 e. The predicted molar refractivity (Wildman–Crippen MR) is 63.8 cm³/mol. The largest absolute Gasteiger partial charge is 0.356 e. The van der Waals surface area contributed by atoms with E-state index in [2.05, 4.69) is 10.5 Å². The van der Waals surface area contributed by atoms with E-state index >= 15 is 0 Å². The monoisotopic (exact) mass is 252 g/mol. The van der Waals surface area contributed by atoms with Crippen LogP contribution in [-0.2, 0) is 6.54 Å². The zero-order valence-electron chi connectivity index (χ0n) is 10.2. The topological polar surface area (TPSA) is 38.1 Å². The van der Waals surface area contributed by atoms with E-state index in [1.165, 1.54) is 12.1 Å². The van der Waals surface area contributed by atoms with Crippen molar-refractivity contribution in [2.45, 2.75) is 26.4 Å². The number of aromatic nitrogens is 1. The van der Waals surface area contributed by atoms with E-state index in [0.29, 0.717) is 18.3 Å². The summed E-state index contributed by atoms with van der Waals surface area (Å²) in [6.45, 7) is 4.54. The Labute approximate surface area is 104 Å². The third-order valence-electron chi connectivity index (χ3n) is 2.47. The highest BCUT2D eigenvalue weighted by atomic mass is 19.2. The van der Waals surface area contributed by atoms with Crippen molar-refractivity contribution in [1.29, 1.82) is 0 Å². The first-order valence-corrected chi connectivity index (χ1v) is 5.71. The van der Waals surface area contributed by atoms with Gasteiger partial charge in [0, 0.05) is 18.7 Å². The summed E-state index contributed by atoms with van der Waals surface area (Å²) in [5, 5.41) is 6.97. The zero-order valence-corrected chi connectivity index (χ0v) is 10.2. The van der Waals surface area contributed by atoms with E-state index < -0.39 is 11.6 Å². The average Bonchev–Trinajstić information content (AvgIpc) is 2.78. The van der Waals surface area contributed by atoms with Crippen LogP contribution in [0, 0.1) is 11.6 Å². The molecule has 1 heterocycles. The number of rotatable bonds is 4. The van der Waals surface area contributed by atoms with Crippen LogP contribution in [0.2, 0.25) is 0 Å². The summed E-state index contributed by atoms with van der Waals surface area (Å²) in [7, 11) is 0. The van der Waals surface area contributed by atoms with Gasteiger partial charge in [-0.3, -0.25) is 0 Å². The normalized spacial score (nSPS) is 11.2. The molecule has 0 unspecified atom stereocenters. The highest BCUT2D eigenvalue weighted by Crippen LogP contribution is 2.24. The molecule has 0 saturated carbocycles. The van der Waals surface area contributed by atoms with Gasteiger partial charge in [0.2, 0.25) is 0 Å². The maximum absolute atomic E-state index is 13.5. The summed E-state index contributed by atoms with van der Waals surface area (Å²) in [4.78, 5) is 0. The Morgan fingerprint density at radius 2 is 2.11 bits per heavy atom. The molecule has 0 atom stereocenters. The van der Waals surface area contributed by atoms with Crippen LogP contribution in [0.15, 0.2) is 28.8 Å². The second kappa shape index (κ2) is 5.27. The first-order chi connectivity index (χ1) is 8.58. The number of halogens is 2. The molecule has 0 fully saturated rings. The molecule has 1 aromatic heterocycles. The van der Waals surface area contributed by atoms with Crippen LogP contribution in [0.1, 0.15) is 19.5 Å². The van der Waals surface area contributed by atoms with Crippen LogP contribution in [0.3, 0.4) is 0 Å². The molecule has 2 rings (SSSR count). The lowest BCUT2D eigenvalue weighted by Gasteiger charge is -2.03. The first kappa shape index (κ1) is 12.7. The van der Waals surface area contributed by atoms with Crippen molar-refractivity contribution in [3.63, 3.8) is 0 Å². The Kier molecular flexibility index (Phi) is 3.72. The van der Waals surface area contributed by atoms with E-state index in [4.69, 9.17) is 4.52 Å². The molecule has 0 aliphatic rings. The summed E-state index contributed by atoms with van der Waals surface area (Å²) in [6, 6.07) is 5.88. The standard InChI is InChI=1S/C13H14F2N2O/c1-8(2)16-7-9-6-12(18-17-9)10-4-3-5-11(14)13(10)15/h3-6,8,16H,7H2,1-2H3. The summed E-state index contributed by atoms with van der Waals surface area (Å²) in [5.41, 5.74) is 0.737. The van der Waals surface area contributed by atoms with E-state index in [9.17, 15) is 8.78 Å². The maximum atomic E-state index is 13.5. The van der Waals surface area contributed by atoms with Gasteiger partial charge in [0.25, 0.3) is 0 Å². The van der Waals surface area contributed by atoms with Crippen LogP contribution >= 0.6 is 0 Å². The SMILES string of the molecule is CC(C)NCc1cc(-c2cccc(F)c2F)on1. The van der Waals surface area contributed by atoms with Crippen molar-refractivity contribution >= 4 is 0 Å². The van der Waals surface area contributed by atoms with Gasteiger partial charge in [0.05, 0.1) is 11.3 Å². The lowest BCUT2D eigenvalue weighted by Crippen LogP contribution is -2.21. The molecule has 0 amide bonds. The molecule has 0 spiro atoms. The van der Waals surface area contributed by atoms with E-state index in [-0.39, 0.29) is 11.3 Å². The quantitative estimate of drug-likeness (QED) is 0.908. The van der Waals surface area contributed by atoms with Crippen LogP contribution in [0.5, 0.6) is 0 Å². The van der Waals surface area contributed by atoms with Gasteiger partial charge >= 0.3 is 0 Å². The van der Waals surface area contributed by atoms with E-state index in [0.717, 1.165) is 6.07 Å². The van der Waals surface area contributed by atoms with Crippen molar-refractivity contribution in [2.75, 3.05) is 0 Å². The van der Waals surface area contributed by atoms with Gasteiger partial charge in [-0.1, -0.05) is 25.1 Å². The van der Waals surface area contributed by atoms with Crippen LogP contribution in [0.4, 0.5) is 8.78 Å². The van der Waals surface area contributed by atoms with Gasteiger partial charge in [-0.15, -0.1) is 0 Å². The molecular formula is C13H14F2N2O. The zero-order chi connectivity index (χ0) is 13.1. The molecular weight excluding hydrogens is 238 g/mol. The second-order valence-corrected chi connectivity index (χ2v) is 4.32. The molecule has 0 saturated heterocycles. The van der Waals surface area contributed by atoms with Crippen molar-refractivity contribution in [2.24, 2.45) is 0 Å². The fourth-order valence-corrected chi connectivity index (χ4v) is 1.52. The summed E-state index contributed by atoms with van der Waals surface area (Å²) < 4.78 is 31.6. The first-order valence-electron chi connectivity index (χ1n) is 5.71. The Bertz CT molecular complexity index is 538. The fourth-order valence-electron chi connectivity index (χ4n) is 1.52. The van der Waals surface area contributed by atoms with E-state index in [1.807, 2.05) is 13.8 Å². The molecule has 96 valence electrons. The van der Waals surface area contributed by atoms with E-state index in [1.54, 1.807) is 6.07 Å². The minimum atomic E-state index is -0.919. The Morgan fingerprint density at radius 1 is 1.33 bits per heavy atom. The number of nitrogens with zero attached hydrogens (tertiary/aromatic N) is 1. The maximum Gasteiger partial charge on any atom is 0.170 e. The van der Waals surface area contributed by atoms with Crippen molar-refractivity contribution in [3.8, 4) is 11.3 Å². The predicted octanol–water partition coefficient (Wildman–Crippen LogP) is 3.12. The lowest BCUT2D eigenvalue weighted by atomic mass is 10.1. The summed E-state index contributed by atoms with van der Waals surface area (Å²) >= 11 is 0. The highest BCUT2D eigenvalue weighted by molar-refractivity contribution is 5.58. The average molecular weight is 252 g/mol. The van der Waals surface area contributed by atoms with Gasteiger partial charge in [-0.05, 0) is 12.1 Å². The molecule has 0 aliphatic carbocycles. The van der Waals surface area contributed by atoms with Gasteiger partial charge in [0.1, 0.15) is 0 Å². The lowest BCUT2D eigenvalue weighted by molar-refractivity contribution is 0.414. The van der Waals surface area contributed by atoms with Crippen LogP contribution in [0.25, 0.3) is 11.3 Å². The molecule has 18 heavy (non-hydrogen) atoms. The molecule has 5 heteroatoms. The van der Waals surface area contributed by atoms with Gasteiger partial charge in [-0.25, -0.2) is 8.78 Å². The van der Waals surface area contributed by atoms with Crippen LogP contribution in [-0.4, -0.2) is 11.2 Å². The van der Waals surface area contributed by atoms with Crippen molar-refractivity contribution in [3.05, 3.63) is 41.6 Å². The van der Waals surface area contributed by atoms with Crippen LogP contribution < -0.4 is 5.32 Å². The van der Waals surface area contributed by atoms with Crippen molar-refractivity contribution < 1.29 is 13.3 Å². The summed E-state index contributed by atoms with van der Waals surface area (Å²) in [5.74, 6) is -1.59. The second-order valence-electron chi connectivity index (χ2n) is 4.32. The number of hydrogen-bond acceptors (Lipinski definition) is 3. The molecule has 3 nitrogen and oxygen atoms in total. The van der Waals surface area contributed by atoms with Gasteiger partial charge < -0.3 is 9.84 Å². The fraction of sp³-hybridized carbons (Fsp3) is 0.308. The third kappa shape index (κ3) is 2.73.